The highest BCUT2D eigenvalue weighted by atomic mass is 19.4. The van der Waals surface area contributed by atoms with Gasteiger partial charge in [0.1, 0.15) is 0 Å². The fraction of sp³-hybridized carbons (Fsp3) is 0.125. The van der Waals surface area contributed by atoms with Crippen LogP contribution < -0.4 is 11.1 Å². The minimum atomic E-state index is -4.50. The molecule has 1 heterocycles. The summed E-state index contributed by atoms with van der Waals surface area (Å²) in [7, 11) is 1.51. The molecule has 0 bridgehead atoms. The van der Waals surface area contributed by atoms with E-state index in [0.717, 1.165) is 16.9 Å². The molecule has 0 aliphatic rings. The summed E-state index contributed by atoms with van der Waals surface area (Å²) in [4.78, 5) is 12.3. The Kier molecular flexibility index (Phi) is 4.33. The number of tetrazole rings is 1. The molecule has 0 unspecified atom stereocenters. The predicted octanol–water partition coefficient (Wildman–Crippen LogP) is 2.74. The van der Waals surface area contributed by atoms with Crippen molar-refractivity contribution in [3.63, 3.8) is 0 Å². The summed E-state index contributed by atoms with van der Waals surface area (Å²) in [6.45, 7) is 0. The molecule has 10 heteroatoms. The topological polar surface area (TPSA) is 98.7 Å². The van der Waals surface area contributed by atoms with E-state index >= 15 is 0 Å². The fourth-order valence-electron chi connectivity index (χ4n) is 2.28. The number of alkyl halides is 3. The van der Waals surface area contributed by atoms with Crippen molar-refractivity contribution in [3.8, 4) is 11.4 Å². The average Bonchev–Trinajstić information content (AvgIpc) is 3.01. The number of nitrogens with two attached hydrogens (primary N) is 1. The van der Waals surface area contributed by atoms with E-state index in [9.17, 15) is 18.0 Å². The zero-order valence-corrected chi connectivity index (χ0v) is 13.4. The summed E-state index contributed by atoms with van der Waals surface area (Å²) < 4.78 is 39.1. The van der Waals surface area contributed by atoms with Gasteiger partial charge >= 0.3 is 6.18 Å². The fourth-order valence-corrected chi connectivity index (χ4v) is 2.28. The van der Waals surface area contributed by atoms with Crippen LogP contribution in [0.1, 0.15) is 15.9 Å². The summed E-state index contributed by atoms with van der Waals surface area (Å²) in [5, 5.41) is 14.4. The van der Waals surface area contributed by atoms with Crippen LogP contribution in [-0.4, -0.2) is 26.1 Å². The number of benzene rings is 2. The summed E-state index contributed by atoms with van der Waals surface area (Å²) in [6, 6.07) is 9.40. The van der Waals surface area contributed by atoms with Gasteiger partial charge in [0.25, 0.3) is 0 Å². The lowest BCUT2D eigenvalue weighted by molar-refractivity contribution is -0.137. The van der Waals surface area contributed by atoms with Gasteiger partial charge in [0.15, 0.2) is 0 Å². The lowest BCUT2D eigenvalue weighted by Gasteiger charge is -2.13. The number of carbonyl (C=O) groups excluding carboxylic acids is 1. The summed E-state index contributed by atoms with van der Waals surface area (Å²) in [5.74, 6) is -0.523. The zero-order valence-electron chi connectivity index (χ0n) is 13.4. The van der Waals surface area contributed by atoms with Crippen molar-refractivity contribution >= 4 is 17.3 Å². The number of rotatable bonds is 4. The largest absolute Gasteiger partial charge is 0.416 e. The smallest absolute Gasteiger partial charge is 0.366 e. The monoisotopic (exact) mass is 362 g/mol. The quantitative estimate of drug-likeness (QED) is 0.744. The number of hydrogen-bond acceptors (Lipinski definition) is 5. The molecule has 0 saturated heterocycles. The second-order valence-corrected chi connectivity index (χ2v) is 5.43. The molecule has 3 N–H and O–H groups in total. The maximum absolute atomic E-state index is 13.0. The lowest BCUT2D eigenvalue weighted by Crippen LogP contribution is -2.10. The van der Waals surface area contributed by atoms with Gasteiger partial charge in [-0.1, -0.05) is 0 Å². The van der Waals surface area contributed by atoms with E-state index in [0.29, 0.717) is 16.9 Å². The Labute approximate surface area is 145 Å². The van der Waals surface area contributed by atoms with Gasteiger partial charge in [0, 0.05) is 22.5 Å². The number of aryl methyl sites for hydroxylation is 1. The van der Waals surface area contributed by atoms with Crippen molar-refractivity contribution in [2.75, 3.05) is 5.32 Å². The van der Waals surface area contributed by atoms with E-state index in [1.54, 1.807) is 12.1 Å². The maximum atomic E-state index is 13.0. The standard InChI is InChI=1S/C16H13F3N6O/c1-25-23-15(22-24-25)12-8-10(16(17,18)19)4-7-13(12)21-11-5-2-9(3-6-11)14(20)26/h2-8,21H,1H3,(H2,20,26). The Morgan fingerprint density at radius 2 is 1.85 bits per heavy atom. The molecular formula is C16H13F3N6O. The van der Waals surface area contributed by atoms with Gasteiger partial charge in [-0.2, -0.15) is 18.0 Å². The zero-order chi connectivity index (χ0) is 18.9. The Bertz CT molecular complexity index is 949. The second kappa shape index (κ2) is 6.47. The molecule has 7 nitrogen and oxygen atoms in total. The SMILES string of the molecule is Cn1nnc(-c2cc(C(F)(F)F)ccc2Nc2ccc(C(N)=O)cc2)n1. The molecule has 0 aliphatic heterocycles. The molecule has 0 aliphatic carbocycles. The first-order valence-corrected chi connectivity index (χ1v) is 7.36. The highest BCUT2D eigenvalue weighted by Crippen LogP contribution is 2.36. The van der Waals surface area contributed by atoms with Crippen molar-refractivity contribution in [2.45, 2.75) is 6.18 Å². The Hall–Kier alpha value is -3.43. The van der Waals surface area contributed by atoms with Gasteiger partial charge in [-0.25, -0.2) is 0 Å². The number of nitrogens with one attached hydrogen (secondary N) is 1. The maximum Gasteiger partial charge on any atom is 0.416 e. The number of aromatic nitrogens is 4. The third kappa shape index (κ3) is 3.63. The molecule has 0 fully saturated rings. The highest BCUT2D eigenvalue weighted by Gasteiger charge is 2.31. The van der Waals surface area contributed by atoms with Crippen LogP contribution >= 0.6 is 0 Å². The first-order chi connectivity index (χ1) is 12.2. The van der Waals surface area contributed by atoms with Gasteiger partial charge in [-0.05, 0) is 47.7 Å². The number of carbonyl (C=O) groups is 1. The van der Waals surface area contributed by atoms with Crippen LogP contribution in [0.25, 0.3) is 11.4 Å². The summed E-state index contributed by atoms with van der Waals surface area (Å²) in [6.07, 6.45) is -4.50. The van der Waals surface area contributed by atoms with Gasteiger partial charge in [-0.15, -0.1) is 10.2 Å². The molecule has 1 aromatic heterocycles. The van der Waals surface area contributed by atoms with E-state index in [2.05, 4.69) is 20.7 Å². The van der Waals surface area contributed by atoms with Crippen LogP contribution in [0, 0.1) is 0 Å². The predicted molar refractivity (Wildman–Crippen MR) is 87.5 cm³/mol. The minimum absolute atomic E-state index is 0.0508. The molecule has 0 radical (unpaired) electrons. The van der Waals surface area contributed by atoms with Crippen LogP contribution in [0.3, 0.4) is 0 Å². The van der Waals surface area contributed by atoms with E-state index in [4.69, 9.17) is 5.73 Å². The number of halogens is 3. The van der Waals surface area contributed by atoms with Crippen molar-refractivity contribution in [1.82, 2.24) is 20.2 Å². The van der Waals surface area contributed by atoms with E-state index < -0.39 is 17.6 Å². The molecule has 0 spiro atoms. The van der Waals surface area contributed by atoms with E-state index in [-0.39, 0.29) is 11.4 Å². The molecule has 1 amide bonds. The molecular weight excluding hydrogens is 349 g/mol. The van der Waals surface area contributed by atoms with Crippen LogP contribution in [0.15, 0.2) is 42.5 Å². The van der Waals surface area contributed by atoms with Gasteiger partial charge in [0.2, 0.25) is 11.7 Å². The normalized spacial score (nSPS) is 11.4. The molecule has 26 heavy (non-hydrogen) atoms. The molecule has 0 saturated carbocycles. The summed E-state index contributed by atoms with van der Waals surface area (Å²) in [5.41, 5.74) is 5.74. The third-order valence-electron chi connectivity index (χ3n) is 3.54. The number of amides is 1. The van der Waals surface area contributed by atoms with Crippen LogP contribution in [0.5, 0.6) is 0 Å². The van der Waals surface area contributed by atoms with E-state index in [1.165, 1.54) is 25.2 Å². The Morgan fingerprint density at radius 3 is 2.38 bits per heavy atom. The van der Waals surface area contributed by atoms with Crippen molar-refractivity contribution in [1.29, 1.82) is 0 Å². The molecule has 3 aromatic rings. The average molecular weight is 362 g/mol. The first kappa shape index (κ1) is 17.4. The van der Waals surface area contributed by atoms with Crippen molar-refractivity contribution in [3.05, 3.63) is 53.6 Å². The number of hydrogen-bond donors (Lipinski definition) is 2. The summed E-state index contributed by atoms with van der Waals surface area (Å²) >= 11 is 0. The number of primary amides is 1. The second-order valence-electron chi connectivity index (χ2n) is 5.43. The van der Waals surface area contributed by atoms with Gasteiger partial charge in [0.05, 0.1) is 12.6 Å². The first-order valence-electron chi connectivity index (χ1n) is 7.36. The Morgan fingerprint density at radius 1 is 1.15 bits per heavy atom. The molecule has 0 atom stereocenters. The highest BCUT2D eigenvalue weighted by molar-refractivity contribution is 5.93. The molecule has 3 rings (SSSR count). The minimum Gasteiger partial charge on any atom is -0.366 e. The van der Waals surface area contributed by atoms with Crippen molar-refractivity contribution in [2.24, 2.45) is 12.8 Å². The van der Waals surface area contributed by atoms with Gasteiger partial charge < -0.3 is 11.1 Å². The van der Waals surface area contributed by atoms with Crippen LogP contribution in [0.4, 0.5) is 24.5 Å². The Balaban J connectivity index is 2.01. The third-order valence-corrected chi connectivity index (χ3v) is 3.54. The number of nitrogens with zero attached hydrogens (tertiary/aromatic N) is 4. The molecule has 134 valence electrons. The lowest BCUT2D eigenvalue weighted by atomic mass is 10.1. The van der Waals surface area contributed by atoms with Crippen molar-refractivity contribution < 1.29 is 18.0 Å². The number of anilines is 2. The van der Waals surface area contributed by atoms with Crippen LogP contribution in [0.2, 0.25) is 0 Å². The molecule has 2 aromatic carbocycles. The van der Waals surface area contributed by atoms with E-state index in [1.807, 2.05) is 0 Å². The van der Waals surface area contributed by atoms with Crippen LogP contribution in [-0.2, 0) is 13.2 Å². The van der Waals surface area contributed by atoms with Gasteiger partial charge in [-0.3, -0.25) is 4.79 Å².